The third-order valence-electron chi connectivity index (χ3n) is 3.13. The molecular weight excluding hydrogens is 485 g/mol. The van der Waals surface area contributed by atoms with Crippen molar-refractivity contribution in [1.29, 1.82) is 0 Å². The molecule has 0 aliphatic rings. The number of benzene rings is 2. The molecule has 0 aliphatic carbocycles. The quantitative estimate of drug-likeness (QED) is 0.480. The van der Waals surface area contributed by atoms with Gasteiger partial charge in [0.15, 0.2) is 6.61 Å². The Morgan fingerprint density at radius 2 is 1.74 bits per heavy atom. The molecule has 0 radical (unpaired) electrons. The number of rotatable bonds is 8. The number of carbonyl (C=O) groups excluding carboxylic acids is 2. The molecule has 3 N–H and O–H groups in total. The summed E-state index contributed by atoms with van der Waals surface area (Å²) in [6.07, 6.45) is -0.0726. The summed E-state index contributed by atoms with van der Waals surface area (Å²) < 4.78 is 19.8. The summed E-state index contributed by atoms with van der Waals surface area (Å²) in [7, 11) is 0. The zero-order chi connectivity index (χ0) is 19.8. The van der Waals surface area contributed by atoms with Gasteiger partial charge in [0.05, 0.1) is 10.9 Å². The highest BCUT2D eigenvalue weighted by molar-refractivity contribution is 9.11. The lowest BCUT2D eigenvalue weighted by Gasteiger charge is -2.12. The SMILES string of the molecule is C=C(CC(=O)Nc1ccc(F)cc1)NNC(=O)COc1ccc(Br)cc1Br. The van der Waals surface area contributed by atoms with Gasteiger partial charge in [0, 0.05) is 15.9 Å². The van der Waals surface area contributed by atoms with Crippen LogP contribution in [-0.4, -0.2) is 18.4 Å². The average molecular weight is 501 g/mol. The van der Waals surface area contributed by atoms with Crippen LogP contribution in [0.3, 0.4) is 0 Å². The molecule has 0 aromatic heterocycles. The summed E-state index contributed by atoms with van der Waals surface area (Å²) in [6.45, 7) is 3.44. The highest BCUT2D eigenvalue weighted by Gasteiger charge is 2.08. The van der Waals surface area contributed by atoms with Gasteiger partial charge >= 0.3 is 0 Å². The second kappa shape index (κ2) is 10.1. The van der Waals surface area contributed by atoms with Gasteiger partial charge in [-0.2, -0.15) is 0 Å². The molecule has 2 amide bonds. The molecule has 0 saturated heterocycles. The molecule has 142 valence electrons. The van der Waals surface area contributed by atoms with E-state index in [9.17, 15) is 14.0 Å². The first-order valence-electron chi connectivity index (χ1n) is 7.69. The first kappa shape index (κ1) is 20.9. The molecular formula is C18H16Br2FN3O3. The second-order valence-electron chi connectivity index (χ2n) is 5.37. The van der Waals surface area contributed by atoms with Crippen molar-refractivity contribution in [3.8, 4) is 5.75 Å². The van der Waals surface area contributed by atoms with E-state index in [1.807, 2.05) is 0 Å². The van der Waals surface area contributed by atoms with Crippen molar-refractivity contribution in [2.45, 2.75) is 6.42 Å². The van der Waals surface area contributed by atoms with Crippen LogP contribution in [0.5, 0.6) is 5.75 Å². The van der Waals surface area contributed by atoms with Crippen molar-refractivity contribution in [1.82, 2.24) is 10.9 Å². The van der Waals surface area contributed by atoms with E-state index in [0.717, 1.165) is 4.47 Å². The highest BCUT2D eigenvalue weighted by atomic mass is 79.9. The molecule has 6 nitrogen and oxygen atoms in total. The van der Waals surface area contributed by atoms with Crippen molar-refractivity contribution in [2.75, 3.05) is 11.9 Å². The fourth-order valence-corrected chi connectivity index (χ4v) is 3.07. The Morgan fingerprint density at radius 1 is 1.04 bits per heavy atom. The van der Waals surface area contributed by atoms with Gasteiger partial charge in [0.25, 0.3) is 5.91 Å². The van der Waals surface area contributed by atoms with Gasteiger partial charge in [-0.25, -0.2) is 4.39 Å². The lowest BCUT2D eigenvalue weighted by atomic mass is 10.3. The van der Waals surface area contributed by atoms with E-state index in [1.165, 1.54) is 24.3 Å². The standard InChI is InChI=1S/C18H16Br2FN3O3/c1-11(8-17(25)22-14-5-3-13(21)4-6-14)23-24-18(26)10-27-16-7-2-12(19)9-15(16)20/h2-7,9,23H,1,8,10H2,(H,22,25)(H,24,26). The van der Waals surface area contributed by atoms with E-state index in [-0.39, 0.29) is 30.4 Å². The number of ether oxygens (including phenoxy) is 1. The zero-order valence-electron chi connectivity index (χ0n) is 14.0. The largest absolute Gasteiger partial charge is 0.483 e. The molecule has 0 heterocycles. The highest BCUT2D eigenvalue weighted by Crippen LogP contribution is 2.28. The number of hydrogen-bond acceptors (Lipinski definition) is 4. The minimum absolute atomic E-state index is 0.0726. The van der Waals surface area contributed by atoms with Crippen LogP contribution in [0.4, 0.5) is 10.1 Å². The normalized spacial score (nSPS) is 10.0. The van der Waals surface area contributed by atoms with Crippen LogP contribution in [0.25, 0.3) is 0 Å². The van der Waals surface area contributed by atoms with Crippen molar-refractivity contribution in [3.63, 3.8) is 0 Å². The number of anilines is 1. The molecule has 0 bridgehead atoms. The third kappa shape index (κ3) is 7.40. The maximum Gasteiger partial charge on any atom is 0.276 e. The third-order valence-corrected chi connectivity index (χ3v) is 4.25. The predicted molar refractivity (Wildman–Crippen MR) is 107 cm³/mol. The van der Waals surface area contributed by atoms with Gasteiger partial charge in [0.2, 0.25) is 5.91 Å². The van der Waals surface area contributed by atoms with Crippen LogP contribution < -0.4 is 20.9 Å². The molecule has 27 heavy (non-hydrogen) atoms. The molecule has 2 rings (SSSR count). The van der Waals surface area contributed by atoms with Crippen LogP contribution >= 0.6 is 31.9 Å². The van der Waals surface area contributed by atoms with Crippen LogP contribution in [0.15, 0.2) is 63.7 Å². The Labute approximate surface area is 172 Å². The molecule has 0 unspecified atom stereocenters. The Bertz CT molecular complexity index is 844. The molecule has 2 aromatic carbocycles. The number of nitrogens with one attached hydrogen (secondary N) is 3. The van der Waals surface area contributed by atoms with Gasteiger partial charge in [-0.1, -0.05) is 22.5 Å². The van der Waals surface area contributed by atoms with Crippen molar-refractivity contribution in [3.05, 3.63) is 69.5 Å². The smallest absolute Gasteiger partial charge is 0.276 e. The number of hydrogen-bond donors (Lipinski definition) is 3. The van der Waals surface area contributed by atoms with Crippen LogP contribution in [0.2, 0.25) is 0 Å². The van der Waals surface area contributed by atoms with Gasteiger partial charge < -0.3 is 15.5 Å². The topological polar surface area (TPSA) is 79.5 Å². The molecule has 9 heteroatoms. The van der Waals surface area contributed by atoms with E-state index >= 15 is 0 Å². The lowest BCUT2D eigenvalue weighted by molar-refractivity contribution is -0.124. The summed E-state index contributed by atoms with van der Waals surface area (Å²) in [4.78, 5) is 23.7. The molecule has 0 fully saturated rings. The Morgan fingerprint density at radius 3 is 2.41 bits per heavy atom. The van der Waals surface area contributed by atoms with E-state index in [0.29, 0.717) is 15.9 Å². The Kier molecular flexibility index (Phi) is 7.81. The molecule has 0 aliphatic heterocycles. The lowest BCUT2D eigenvalue weighted by Crippen LogP contribution is -2.40. The average Bonchev–Trinajstić information content (AvgIpc) is 2.61. The van der Waals surface area contributed by atoms with Crippen molar-refractivity contribution in [2.24, 2.45) is 0 Å². The molecule has 0 atom stereocenters. The first-order chi connectivity index (χ1) is 12.8. The number of amides is 2. The van der Waals surface area contributed by atoms with Crippen LogP contribution in [0, 0.1) is 5.82 Å². The number of carbonyl (C=O) groups is 2. The van der Waals surface area contributed by atoms with E-state index < -0.39 is 5.91 Å². The number of hydrazine groups is 1. The molecule has 2 aromatic rings. The Hall–Kier alpha value is -2.39. The van der Waals surface area contributed by atoms with E-state index in [2.05, 4.69) is 54.6 Å². The predicted octanol–water partition coefficient (Wildman–Crippen LogP) is 3.89. The monoisotopic (exact) mass is 499 g/mol. The minimum atomic E-state index is -0.440. The fourth-order valence-electron chi connectivity index (χ4n) is 1.91. The summed E-state index contributed by atoms with van der Waals surface area (Å²) >= 11 is 6.66. The second-order valence-corrected chi connectivity index (χ2v) is 7.14. The maximum atomic E-state index is 12.8. The van der Waals surface area contributed by atoms with E-state index in [4.69, 9.17) is 4.74 Å². The van der Waals surface area contributed by atoms with E-state index in [1.54, 1.807) is 18.2 Å². The zero-order valence-corrected chi connectivity index (χ0v) is 17.2. The van der Waals surface area contributed by atoms with Gasteiger partial charge in [-0.3, -0.25) is 15.0 Å². The Balaban J connectivity index is 1.70. The van der Waals surface area contributed by atoms with Gasteiger partial charge in [-0.15, -0.1) is 0 Å². The molecule has 0 spiro atoms. The fraction of sp³-hybridized carbons (Fsp3) is 0.111. The van der Waals surface area contributed by atoms with Crippen molar-refractivity contribution >= 4 is 49.4 Å². The minimum Gasteiger partial charge on any atom is -0.483 e. The maximum absolute atomic E-state index is 12.8. The summed E-state index contributed by atoms with van der Waals surface area (Å²) in [5.74, 6) is -0.668. The van der Waals surface area contributed by atoms with Crippen LogP contribution in [-0.2, 0) is 9.59 Å². The van der Waals surface area contributed by atoms with Crippen molar-refractivity contribution < 1.29 is 18.7 Å². The summed E-state index contributed by atoms with van der Waals surface area (Å²) in [5.41, 5.74) is 5.70. The summed E-state index contributed by atoms with van der Waals surface area (Å²) in [6, 6.07) is 10.7. The molecule has 0 saturated carbocycles. The van der Waals surface area contributed by atoms with Crippen LogP contribution in [0.1, 0.15) is 6.42 Å². The van der Waals surface area contributed by atoms with Gasteiger partial charge in [0.1, 0.15) is 11.6 Å². The number of halogens is 3. The first-order valence-corrected chi connectivity index (χ1v) is 9.28. The van der Waals surface area contributed by atoms with Gasteiger partial charge in [-0.05, 0) is 58.4 Å². The summed E-state index contributed by atoms with van der Waals surface area (Å²) in [5, 5.41) is 2.59.